The van der Waals surface area contributed by atoms with Crippen LogP contribution < -0.4 is 0 Å². The fourth-order valence-electron chi connectivity index (χ4n) is 5.08. The van der Waals surface area contributed by atoms with Gasteiger partial charge in [-0.1, -0.05) is 73.9 Å². The van der Waals surface area contributed by atoms with E-state index < -0.39 is 0 Å². The average molecular weight is 319 g/mol. The van der Waals surface area contributed by atoms with E-state index in [0.29, 0.717) is 0 Å². The first-order valence-electron chi connectivity index (χ1n) is 9.66. The Balaban J connectivity index is 1.72. The summed E-state index contributed by atoms with van der Waals surface area (Å²) in [4.78, 5) is 2.78. The second kappa shape index (κ2) is 6.72. The monoisotopic (exact) mass is 319 g/mol. The maximum absolute atomic E-state index is 2.78. The summed E-state index contributed by atoms with van der Waals surface area (Å²) in [6.07, 6.45) is 8.19. The summed E-state index contributed by atoms with van der Waals surface area (Å²) in [5, 5.41) is 0. The van der Waals surface area contributed by atoms with Gasteiger partial charge in [0.1, 0.15) is 0 Å². The van der Waals surface area contributed by atoms with E-state index in [2.05, 4.69) is 66.4 Å². The zero-order valence-corrected chi connectivity index (χ0v) is 14.9. The molecule has 24 heavy (non-hydrogen) atoms. The molecule has 1 unspecified atom stereocenters. The van der Waals surface area contributed by atoms with E-state index in [-0.39, 0.29) is 5.54 Å². The molecule has 4 rings (SSSR count). The molecule has 1 atom stereocenters. The predicted octanol–water partition coefficient (Wildman–Crippen LogP) is 5.54. The van der Waals surface area contributed by atoms with Gasteiger partial charge in [0.2, 0.25) is 0 Å². The van der Waals surface area contributed by atoms with Crippen molar-refractivity contribution in [1.82, 2.24) is 4.90 Å². The van der Waals surface area contributed by atoms with Gasteiger partial charge in [0.25, 0.3) is 0 Å². The highest BCUT2D eigenvalue weighted by Gasteiger charge is 2.44. The molecule has 0 saturated heterocycles. The normalized spacial score (nSPS) is 25.4. The SMILES string of the molecule is CC1(C2CCCCC2)c2ccccc2CCN1Cc1ccccc1. The fraction of sp³-hybridized carbons (Fsp3) is 0.478. The van der Waals surface area contributed by atoms with Gasteiger partial charge >= 0.3 is 0 Å². The Morgan fingerprint density at radius 3 is 2.42 bits per heavy atom. The zero-order valence-electron chi connectivity index (χ0n) is 14.9. The van der Waals surface area contributed by atoms with Crippen LogP contribution in [0.2, 0.25) is 0 Å². The van der Waals surface area contributed by atoms with Gasteiger partial charge in [-0.2, -0.15) is 0 Å². The van der Waals surface area contributed by atoms with Gasteiger partial charge in [0.15, 0.2) is 0 Å². The minimum atomic E-state index is 0.186. The molecule has 2 aromatic carbocycles. The van der Waals surface area contributed by atoms with Gasteiger partial charge in [0, 0.05) is 18.6 Å². The van der Waals surface area contributed by atoms with Crippen molar-refractivity contribution in [2.24, 2.45) is 5.92 Å². The molecule has 0 bridgehead atoms. The number of rotatable bonds is 3. The van der Waals surface area contributed by atoms with E-state index in [1.807, 2.05) is 0 Å². The Morgan fingerprint density at radius 2 is 1.62 bits per heavy atom. The molecule has 0 amide bonds. The molecular formula is C23H29N. The van der Waals surface area contributed by atoms with Crippen molar-refractivity contribution < 1.29 is 0 Å². The van der Waals surface area contributed by atoms with Crippen LogP contribution in [0, 0.1) is 5.92 Å². The van der Waals surface area contributed by atoms with E-state index in [4.69, 9.17) is 0 Å². The van der Waals surface area contributed by atoms with E-state index in [1.165, 1.54) is 50.6 Å². The molecule has 0 radical (unpaired) electrons. The molecule has 1 aliphatic carbocycles. The van der Waals surface area contributed by atoms with Crippen molar-refractivity contribution in [3.05, 3.63) is 71.3 Å². The summed E-state index contributed by atoms with van der Waals surface area (Å²) in [5.74, 6) is 0.788. The Labute approximate surface area is 146 Å². The summed E-state index contributed by atoms with van der Waals surface area (Å²) in [6.45, 7) is 4.78. The number of benzene rings is 2. The highest BCUT2D eigenvalue weighted by Crippen LogP contribution is 2.47. The van der Waals surface area contributed by atoms with Gasteiger partial charge in [0.05, 0.1) is 0 Å². The third-order valence-electron chi connectivity index (χ3n) is 6.49. The maximum Gasteiger partial charge on any atom is 0.0466 e. The van der Waals surface area contributed by atoms with E-state index >= 15 is 0 Å². The molecule has 1 fully saturated rings. The summed E-state index contributed by atoms with van der Waals surface area (Å²) >= 11 is 0. The minimum absolute atomic E-state index is 0.186. The van der Waals surface area contributed by atoms with Gasteiger partial charge in [-0.25, -0.2) is 0 Å². The first-order valence-corrected chi connectivity index (χ1v) is 9.66. The average Bonchev–Trinajstić information content (AvgIpc) is 2.66. The summed E-state index contributed by atoms with van der Waals surface area (Å²) in [6, 6.07) is 20.2. The van der Waals surface area contributed by atoms with Crippen LogP contribution in [0.25, 0.3) is 0 Å². The second-order valence-electron chi connectivity index (χ2n) is 7.80. The Hall–Kier alpha value is -1.60. The van der Waals surface area contributed by atoms with Gasteiger partial charge in [-0.05, 0) is 48.8 Å². The van der Waals surface area contributed by atoms with Crippen LogP contribution in [0.4, 0.5) is 0 Å². The van der Waals surface area contributed by atoms with Gasteiger partial charge < -0.3 is 0 Å². The van der Waals surface area contributed by atoms with Crippen LogP contribution in [-0.4, -0.2) is 11.4 Å². The lowest BCUT2D eigenvalue weighted by Gasteiger charge is -2.52. The standard InChI is InChI=1S/C23H29N/c1-23(21-13-6-3-7-14-21)22-15-9-8-12-20(22)16-17-24(23)18-19-10-4-2-5-11-19/h2,4-5,8-12,15,21H,3,6-7,13-14,16-18H2,1H3. The smallest absolute Gasteiger partial charge is 0.0466 e. The van der Waals surface area contributed by atoms with Crippen molar-refractivity contribution in [2.75, 3.05) is 6.54 Å². The van der Waals surface area contributed by atoms with Crippen LogP contribution in [0.1, 0.15) is 55.7 Å². The first-order chi connectivity index (χ1) is 11.8. The lowest BCUT2D eigenvalue weighted by Crippen LogP contribution is -2.53. The Kier molecular flexibility index (Phi) is 4.45. The molecule has 1 saturated carbocycles. The second-order valence-corrected chi connectivity index (χ2v) is 7.80. The summed E-state index contributed by atoms with van der Waals surface area (Å²) in [5.41, 5.74) is 4.80. The predicted molar refractivity (Wildman–Crippen MR) is 101 cm³/mol. The van der Waals surface area contributed by atoms with Gasteiger partial charge in [-0.3, -0.25) is 4.90 Å². The van der Waals surface area contributed by atoms with E-state index in [1.54, 1.807) is 11.1 Å². The molecule has 1 heteroatoms. The number of fused-ring (bicyclic) bond motifs is 1. The maximum atomic E-state index is 2.78. The molecule has 0 spiro atoms. The van der Waals surface area contributed by atoms with Crippen molar-refractivity contribution in [3.8, 4) is 0 Å². The highest BCUT2D eigenvalue weighted by atomic mass is 15.2. The van der Waals surface area contributed by atoms with Gasteiger partial charge in [-0.15, -0.1) is 0 Å². The van der Waals surface area contributed by atoms with Crippen LogP contribution in [0.15, 0.2) is 54.6 Å². The van der Waals surface area contributed by atoms with Crippen molar-refractivity contribution in [2.45, 2.75) is 57.5 Å². The zero-order chi connectivity index (χ0) is 16.4. The fourth-order valence-corrected chi connectivity index (χ4v) is 5.08. The lowest BCUT2D eigenvalue weighted by molar-refractivity contribution is 0.00918. The van der Waals surface area contributed by atoms with Crippen LogP contribution >= 0.6 is 0 Å². The van der Waals surface area contributed by atoms with Crippen LogP contribution in [0.5, 0.6) is 0 Å². The molecule has 1 nitrogen and oxygen atoms in total. The highest BCUT2D eigenvalue weighted by molar-refractivity contribution is 5.37. The lowest BCUT2D eigenvalue weighted by atomic mass is 9.68. The van der Waals surface area contributed by atoms with Crippen molar-refractivity contribution in [1.29, 1.82) is 0 Å². The third kappa shape index (κ3) is 2.80. The van der Waals surface area contributed by atoms with E-state index in [9.17, 15) is 0 Å². The molecular weight excluding hydrogens is 290 g/mol. The summed E-state index contributed by atoms with van der Waals surface area (Å²) < 4.78 is 0. The van der Waals surface area contributed by atoms with Crippen molar-refractivity contribution in [3.63, 3.8) is 0 Å². The Morgan fingerprint density at radius 1 is 0.917 bits per heavy atom. The van der Waals surface area contributed by atoms with E-state index in [0.717, 1.165) is 12.5 Å². The molecule has 1 aliphatic heterocycles. The molecule has 2 aromatic rings. The molecule has 126 valence electrons. The topological polar surface area (TPSA) is 3.24 Å². The minimum Gasteiger partial charge on any atom is -0.289 e. The largest absolute Gasteiger partial charge is 0.289 e. The third-order valence-corrected chi connectivity index (χ3v) is 6.49. The molecule has 0 N–H and O–H groups in total. The summed E-state index contributed by atoms with van der Waals surface area (Å²) in [7, 11) is 0. The molecule has 1 heterocycles. The number of hydrogen-bond acceptors (Lipinski definition) is 1. The van der Waals surface area contributed by atoms with Crippen LogP contribution in [-0.2, 0) is 18.5 Å². The van der Waals surface area contributed by atoms with Crippen molar-refractivity contribution >= 4 is 0 Å². The number of hydrogen-bond donors (Lipinski definition) is 0. The number of nitrogens with zero attached hydrogens (tertiary/aromatic N) is 1. The molecule has 2 aliphatic rings. The Bertz CT molecular complexity index is 671. The quantitative estimate of drug-likeness (QED) is 0.718. The molecule has 0 aromatic heterocycles. The first kappa shape index (κ1) is 15.9. The van der Waals surface area contributed by atoms with Crippen LogP contribution in [0.3, 0.4) is 0 Å².